The normalized spacial score (nSPS) is 10.9. The summed E-state index contributed by atoms with van der Waals surface area (Å²) in [7, 11) is 0. The van der Waals surface area contributed by atoms with Crippen molar-refractivity contribution in [3.8, 4) is 0 Å². The number of aromatic nitrogens is 2. The molecule has 0 aliphatic heterocycles. The highest BCUT2D eigenvalue weighted by atomic mass is 19.1. The molecule has 1 aromatic heterocycles. The molecule has 0 spiro atoms. The molecule has 1 amide bonds. The van der Waals surface area contributed by atoms with Crippen molar-refractivity contribution in [2.75, 3.05) is 5.32 Å². The first kappa shape index (κ1) is 15.2. The number of aryl methyl sites for hydroxylation is 2. The molecule has 3 rings (SSSR count). The second-order valence-corrected chi connectivity index (χ2v) is 5.49. The van der Waals surface area contributed by atoms with Crippen LogP contribution in [0.2, 0.25) is 0 Å². The van der Waals surface area contributed by atoms with Crippen molar-refractivity contribution >= 4 is 22.6 Å². The standard InChI is InChI=1S/C18H18FN3O/c1-3-17-20-14-6-4-5-7-16(14)22(17)11-18(23)21-15-10-12(2)8-9-13(15)19/h4-10H,3,11H2,1-2H3,(H,21,23). The van der Waals surface area contributed by atoms with E-state index in [-0.39, 0.29) is 18.1 Å². The highest BCUT2D eigenvalue weighted by Crippen LogP contribution is 2.18. The molecule has 5 heteroatoms. The van der Waals surface area contributed by atoms with E-state index in [4.69, 9.17) is 0 Å². The van der Waals surface area contributed by atoms with E-state index in [0.29, 0.717) is 0 Å². The van der Waals surface area contributed by atoms with E-state index in [1.54, 1.807) is 12.1 Å². The summed E-state index contributed by atoms with van der Waals surface area (Å²) >= 11 is 0. The van der Waals surface area contributed by atoms with Gasteiger partial charge in [0.15, 0.2) is 0 Å². The van der Waals surface area contributed by atoms with Crippen molar-refractivity contribution in [1.82, 2.24) is 9.55 Å². The summed E-state index contributed by atoms with van der Waals surface area (Å²) in [4.78, 5) is 16.9. The minimum absolute atomic E-state index is 0.108. The van der Waals surface area contributed by atoms with Gasteiger partial charge in [-0.05, 0) is 36.8 Å². The molecule has 0 saturated carbocycles. The molecule has 0 bridgehead atoms. The van der Waals surface area contributed by atoms with Crippen LogP contribution in [0.1, 0.15) is 18.3 Å². The van der Waals surface area contributed by atoms with Crippen molar-refractivity contribution in [1.29, 1.82) is 0 Å². The Hall–Kier alpha value is -2.69. The molecule has 2 aromatic carbocycles. The number of hydrogen-bond donors (Lipinski definition) is 1. The Bertz CT molecular complexity index is 870. The average molecular weight is 311 g/mol. The van der Waals surface area contributed by atoms with Crippen LogP contribution in [0, 0.1) is 12.7 Å². The Morgan fingerprint density at radius 2 is 2.04 bits per heavy atom. The van der Waals surface area contributed by atoms with Gasteiger partial charge in [0.05, 0.1) is 16.7 Å². The Balaban J connectivity index is 1.87. The van der Waals surface area contributed by atoms with Crippen LogP contribution in [0.5, 0.6) is 0 Å². The van der Waals surface area contributed by atoms with Crippen LogP contribution in [-0.4, -0.2) is 15.5 Å². The van der Waals surface area contributed by atoms with Crippen molar-refractivity contribution in [3.05, 3.63) is 59.7 Å². The van der Waals surface area contributed by atoms with E-state index in [1.165, 1.54) is 6.07 Å². The van der Waals surface area contributed by atoms with Crippen molar-refractivity contribution in [2.24, 2.45) is 0 Å². The summed E-state index contributed by atoms with van der Waals surface area (Å²) in [6, 6.07) is 12.3. The number of fused-ring (bicyclic) bond motifs is 1. The summed E-state index contributed by atoms with van der Waals surface area (Å²) in [6.07, 6.45) is 0.723. The van der Waals surface area contributed by atoms with E-state index >= 15 is 0 Å². The predicted molar refractivity (Wildman–Crippen MR) is 88.9 cm³/mol. The fourth-order valence-corrected chi connectivity index (χ4v) is 2.64. The zero-order valence-corrected chi connectivity index (χ0v) is 13.1. The minimum atomic E-state index is -0.435. The van der Waals surface area contributed by atoms with Crippen LogP contribution < -0.4 is 5.32 Å². The Labute approximate surface area is 134 Å². The van der Waals surface area contributed by atoms with E-state index in [9.17, 15) is 9.18 Å². The minimum Gasteiger partial charge on any atom is -0.322 e. The van der Waals surface area contributed by atoms with Gasteiger partial charge in [0, 0.05) is 6.42 Å². The number of nitrogens with one attached hydrogen (secondary N) is 1. The number of nitrogens with zero attached hydrogens (tertiary/aromatic N) is 2. The van der Waals surface area contributed by atoms with Crippen molar-refractivity contribution in [3.63, 3.8) is 0 Å². The molecule has 1 N–H and O–H groups in total. The van der Waals surface area contributed by atoms with Gasteiger partial charge >= 0.3 is 0 Å². The Kier molecular flexibility index (Phi) is 4.10. The fraction of sp³-hybridized carbons (Fsp3) is 0.222. The number of imidazole rings is 1. The molecule has 23 heavy (non-hydrogen) atoms. The monoisotopic (exact) mass is 311 g/mol. The van der Waals surface area contributed by atoms with Gasteiger partial charge in [0.2, 0.25) is 5.91 Å². The molecule has 4 nitrogen and oxygen atoms in total. The molecule has 0 fully saturated rings. The van der Waals surface area contributed by atoms with Crippen LogP contribution in [0.4, 0.5) is 10.1 Å². The zero-order valence-electron chi connectivity index (χ0n) is 13.1. The lowest BCUT2D eigenvalue weighted by atomic mass is 10.2. The summed E-state index contributed by atoms with van der Waals surface area (Å²) in [5, 5.41) is 2.64. The largest absolute Gasteiger partial charge is 0.322 e. The Morgan fingerprint density at radius 1 is 1.26 bits per heavy atom. The molecule has 0 atom stereocenters. The lowest BCUT2D eigenvalue weighted by Crippen LogP contribution is -2.20. The average Bonchev–Trinajstić information content (AvgIpc) is 2.89. The summed E-state index contributed by atoms with van der Waals surface area (Å²) < 4.78 is 15.6. The van der Waals surface area contributed by atoms with Crippen LogP contribution >= 0.6 is 0 Å². The molecule has 0 unspecified atom stereocenters. The van der Waals surface area contributed by atoms with Crippen LogP contribution in [0.25, 0.3) is 11.0 Å². The zero-order chi connectivity index (χ0) is 16.4. The summed E-state index contributed by atoms with van der Waals surface area (Å²) in [5.41, 5.74) is 2.87. The predicted octanol–water partition coefficient (Wildman–Crippen LogP) is 3.68. The molecule has 0 radical (unpaired) electrons. The van der Waals surface area contributed by atoms with E-state index in [1.807, 2.05) is 42.7 Å². The third kappa shape index (κ3) is 3.08. The SMILES string of the molecule is CCc1nc2ccccc2n1CC(=O)Nc1cc(C)ccc1F. The molecular formula is C18H18FN3O. The highest BCUT2D eigenvalue weighted by molar-refractivity contribution is 5.92. The first-order valence-electron chi connectivity index (χ1n) is 7.58. The number of amides is 1. The molecular weight excluding hydrogens is 293 g/mol. The lowest BCUT2D eigenvalue weighted by Gasteiger charge is -2.10. The molecule has 0 saturated heterocycles. The maximum absolute atomic E-state index is 13.8. The number of halogens is 1. The molecule has 1 heterocycles. The van der Waals surface area contributed by atoms with Gasteiger partial charge in [-0.15, -0.1) is 0 Å². The van der Waals surface area contributed by atoms with Gasteiger partial charge in [-0.1, -0.05) is 25.1 Å². The van der Waals surface area contributed by atoms with E-state index in [0.717, 1.165) is 28.8 Å². The van der Waals surface area contributed by atoms with Crippen molar-refractivity contribution < 1.29 is 9.18 Å². The first-order chi connectivity index (χ1) is 11.1. The first-order valence-corrected chi connectivity index (χ1v) is 7.58. The Morgan fingerprint density at radius 3 is 2.83 bits per heavy atom. The maximum Gasteiger partial charge on any atom is 0.244 e. The van der Waals surface area contributed by atoms with Gasteiger partial charge in [0.25, 0.3) is 0 Å². The highest BCUT2D eigenvalue weighted by Gasteiger charge is 2.13. The van der Waals surface area contributed by atoms with Gasteiger partial charge in [-0.25, -0.2) is 9.37 Å². The third-order valence-corrected chi connectivity index (χ3v) is 3.75. The topological polar surface area (TPSA) is 46.9 Å². The number of carbonyl (C=O) groups is 1. The molecule has 3 aromatic rings. The van der Waals surface area contributed by atoms with Crippen LogP contribution in [-0.2, 0) is 17.8 Å². The maximum atomic E-state index is 13.8. The second-order valence-electron chi connectivity index (χ2n) is 5.49. The number of hydrogen-bond acceptors (Lipinski definition) is 2. The van der Waals surface area contributed by atoms with Crippen molar-refractivity contribution in [2.45, 2.75) is 26.8 Å². The third-order valence-electron chi connectivity index (χ3n) is 3.75. The second kappa shape index (κ2) is 6.20. The van der Waals surface area contributed by atoms with E-state index < -0.39 is 5.82 Å². The number of anilines is 1. The quantitative estimate of drug-likeness (QED) is 0.799. The van der Waals surface area contributed by atoms with Gasteiger partial charge in [0.1, 0.15) is 18.2 Å². The van der Waals surface area contributed by atoms with E-state index in [2.05, 4.69) is 10.3 Å². The smallest absolute Gasteiger partial charge is 0.244 e. The number of carbonyl (C=O) groups excluding carboxylic acids is 1. The summed E-state index contributed by atoms with van der Waals surface area (Å²) in [5.74, 6) is 0.133. The van der Waals surface area contributed by atoms with Crippen LogP contribution in [0.3, 0.4) is 0 Å². The van der Waals surface area contributed by atoms with Gasteiger partial charge in [-0.3, -0.25) is 4.79 Å². The number of para-hydroxylation sites is 2. The number of rotatable bonds is 4. The molecule has 0 aliphatic rings. The molecule has 0 aliphatic carbocycles. The fourth-order valence-electron chi connectivity index (χ4n) is 2.64. The van der Waals surface area contributed by atoms with Gasteiger partial charge in [-0.2, -0.15) is 0 Å². The van der Waals surface area contributed by atoms with Gasteiger partial charge < -0.3 is 9.88 Å². The van der Waals surface area contributed by atoms with Crippen LogP contribution in [0.15, 0.2) is 42.5 Å². The summed E-state index contributed by atoms with van der Waals surface area (Å²) in [6.45, 7) is 3.96. The molecule has 118 valence electrons. The lowest BCUT2D eigenvalue weighted by molar-refractivity contribution is -0.116. The number of benzene rings is 2.